The number of aliphatic hydroxyl groups excluding tert-OH is 1. The lowest BCUT2D eigenvalue weighted by Gasteiger charge is -2.05. The Labute approximate surface area is 121 Å². The highest BCUT2D eigenvalue weighted by Gasteiger charge is 2.10. The highest BCUT2D eigenvalue weighted by molar-refractivity contribution is 9.10. The predicted molar refractivity (Wildman–Crippen MR) is 81.3 cm³/mol. The molecule has 1 aromatic heterocycles. The lowest BCUT2D eigenvalue weighted by molar-refractivity contribution is 0.286. The fraction of sp³-hybridized carbons (Fsp3) is 0.500. The molecular weight excluding hydrogens is 306 g/mol. The molecule has 19 heavy (non-hydrogen) atoms. The summed E-state index contributed by atoms with van der Waals surface area (Å²) >= 11 is 3.61. The quantitative estimate of drug-likeness (QED) is 0.767. The van der Waals surface area contributed by atoms with Gasteiger partial charge in [0.05, 0.1) is 5.52 Å². The minimum absolute atomic E-state index is 0.256. The summed E-state index contributed by atoms with van der Waals surface area (Å²) in [6, 6.07) is 6.12. The van der Waals surface area contributed by atoms with Crippen LogP contribution in [-0.4, -0.2) is 34.6 Å². The van der Waals surface area contributed by atoms with Crippen LogP contribution < -0.4 is 5.32 Å². The van der Waals surface area contributed by atoms with Crippen LogP contribution in [0.2, 0.25) is 0 Å². The van der Waals surface area contributed by atoms with Gasteiger partial charge in [0, 0.05) is 29.2 Å². The van der Waals surface area contributed by atoms with Crippen LogP contribution in [0.3, 0.4) is 0 Å². The van der Waals surface area contributed by atoms with Crippen LogP contribution >= 0.6 is 15.9 Å². The van der Waals surface area contributed by atoms with Gasteiger partial charge < -0.3 is 10.4 Å². The molecule has 2 aromatic rings. The second kappa shape index (κ2) is 7.03. The highest BCUT2D eigenvalue weighted by atomic mass is 79.9. The molecule has 1 aromatic carbocycles. The Bertz CT molecular complexity index is 539. The third-order valence-electron chi connectivity index (χ3n) is 3.21. The average Bonchev–Trinajstić information content (AvgIpc) is 2.71. The number of aryl methyl sites for hydroxylation is 2. The van der Waals surface area contributed by atoms with Crippen molar-refractivity contribution in [3.05, 3.63) is 28.4 Å². The fourth-order valence-corrected chi connectivity index (χ4v) is 2.85. The van der Waals surface area contributed by atoms with Crippen LogP contribution in [0.5, 0.6) is 0 Å². The molecule has 0 aliphatic heterocycles. The zero-order chi connectivity index (χ0) is 13.7. The maximum Gasteiger partial charge on any atom is 0.0937 e. The number of aliphatic hydroxyl groups is 1. The lowest BCUT2D eigenvalue weighted by atomic mass is 10.1. The minimum atomic E-state index is 0.256. The van der Waals surface area contributed by atoms with Gasteiger partial charge in [0.25, 0.3) is 0 Å². The number of fused-ring (bicyclic) bond motifs is 1. The molecule has 5 heteroatoms. The van der Waals surface area contributed by atoms with Gasteiger partial charge in [-0.05, 0) is 44.5 Å². The molecule has 0 unspecified atom stereocenters. The van der Waals surface area contributed by atoms with Crippen molar-refractivity contribution in [1.29, 1.82) is 0 Å². The van der Waals surface area contributed by atoms with E-state index in [0.717, 1.165) is 42.3 Å². The van der Waals surface area contributed by atoms with E-state index in [4.69, 9.17) is 5.11 Å². The molecule has 0 radical (unpaired) electrons. The van der Waals surface area contributed by atoms with Crippen molar-refractivity contribution in [3.63, 3.8) is 0 Å². The molecule has 0 saturated heterocycles. The van der Waals surface area contributed by atoms with Crippen molar-refractivity contribution in [2.24, 2.45) is 7.05 Å². The number of hydrogen-bond acceptors (Lipinski definition) is 3. The Morgan fingerprint density at radius 3 is 2.89 bits per heavy atom. The van der Waals surface area contributed by atoms with Crippen molar-refractivity contribution in [1.82, 2.24) is 15.1 Å². The number of benzene rings is 1. The first-order valence-corrected chi connectivity index (χ1v) is 7.45. The highest BCUT2D eigenvalue weighted by Crippen LogP contribution is 2.27. The summed E-state index contributed by atoms with van der Waals surface area (Å²) in [5.41, 5.74) is 2.31. The molecule has 0 saturated carbocycles. The summed E-state index contributed by atoms with van der Waals surface area (Å²) in [4.78, 5) is 0. The molecule has 104 valence electrons. The average molecular weight is 326 g/mol. The molecule has 0 atom stereocenters. The molecule has 0 spiro atoms. The topological polar surface area (TPSA) is 50.1 Å². The van der Waals surface area contributed by atoms with Crippen LogP contribution in [0, 0.1) is 0 Å². The van der Waals surface area contributed by atoms with Gasteiger partial charge in [0.15, 0.2) is 0 Å². The van der Waals surface area contributed by atoms with Gasteiger partial charge in [-0.1, -0.05) is 22.0 Å². The van der Waals surface area contributed by atoms with Crippen LogP contribution in [-0.2, 0) is 13.5 Å². The fourth-order valence-electron chi connectivity index (χ4n) is 2.26. The van der Waals surface area contributed by atoms with Crippen LogP contribution in [0.4, 0.5) is 0 Å². The van der Waals surface area contributed by atoms with Crippen LogP contribution in [0.15, 0.2) is 22.7 Å². The van der Waals surface area contributed by atoms with Gasteiger partial charge in [-0.2, -0.15) is 5.10 Å². The minimum Gasteiger partial charge on any atom is -0.396 e. The first-order valence-electron chi connectivity index (χ1n) is 6.65. The zero-order valence-corrected chi connectivity index (χ0v) is 12.8. The molecule has 0 bridgehead atoms. The molecule has 1 heterocycles. The number of aromatic nitrogens is 2. The Morgan fingerprint density at radius 1 is 1.32 bits per heavy atom. The van der Waals surface area contributed by atoms with E-state index in [1.54, 1.807) is 0 Å². The van der Waals surface area contributed by atoms with Crippen LogP contribution in [0.25, 0.3) is 10.9 Å². The first kappa shape index (κ1) is 14.5. The number of halogens is 1. The number of hydrogen-bond donors (Lipinski definition) is 2. The summed E-state index contributed by atoms with van der Waals surface area (Å²) in [5, 5.41) is 17.8. The van der Waals surface area contributed by atoms with Gasteiger partial charge in [-0.3, -0.25) is 4.68 Å². The summed E-state index contributed by atoms with van der Waals surface area (Å²) in [6.45, 7) is 2.11. The molecular formula is C14H20BrN3O. The van der Waals surface area contributed by atoms with E-state index >= 15 is 0 Å². The van der Waals surface area contributed by atoms with Crippen molar-refractivity contribution in [2.45, 2.75) is 19.3 Å². The standard InChI is InChI=1S/C14H20BrN3O/c1-18-13(7-3-8-16-9-4-10-19)14-11(15)5-2-6-12(14)17-18/h2,5-6,16,19H,3-4,7-10H2,1H3. The molecule has 0 aliphatic rings. The molecule has 0 aliphatic carbocycles. The molecule has 2 N–H and O–H groups in total. The number of rotatable bonds is 7. The van der Waals surface area contributed by atoms with Crippen molar-refractivity contribution < 1.29 is 5.11 Å². The largest absolute Gasteiger partial charge is 0.396 e. The SMILES string of the molecule is Cn1nc2cccc(Br)c2c1CCCNCCCO. The molecule has 2 rings (SSSR count). The normalized spacial score (nSPS) is 11.3. The second-order valence-corrected chi connectivity index (χ2v) is 5.49. The van der Waals surface area contributed by atoms with E-state index in [2.05, 4.69) is 32.4 Å². The van der Waals surface area contributed by atoms with Gasteiger partial charge >= 0.3 is 0 Å². The predicted octanol–water partition coefficient (Wildman–Crippen LogP) is 2.24. The van der Waals surface area contributed by atoms with Gasteiger partial charge in [-0.15, -0.1) is 0 Å². The maximum atomic E-state index is 8.70. The van der Waals surface area contributed by atoms with E-state index in [0.29, 0.717) is 0 Å². The van der Waals surface area contributed by atoms with Crippen LogP contribution in [0.1, 0.15) is 18.5 Å². The Kier molecular flexibility index (Phi) is 5.36. The molecule has 0 amide bonds. The summed E-state index contributed by atoms with van der Waals surface area (Å²) in [5.74, 6) is 0. The van der Waals surface area contributed by atoms with E-state index < -0.39 is 0 Å². The van der Waals surface area contributed by atoms with Gasteiger partial charge in [0.1, 0.15) is 0 Å². The third-order valence-corrected chi connectivity index (χ3v) is 3.87. The second-order valence-electron chi connectivity index (χ2n) is 4.63. The Hall–Kier alpha value is -0.910. The summed E-state index contributed by atoms with van der Waals surface area (Å²) in [7, 11) is 2.00. The lowest BCUT2D eigenvalue weighted by Crippen LogP contribution is -2.18. The summed E-state index contributed by atoms with van der Waals surface area (Å²) in [6.07, 6.45) is 2.89. The van der Waals surface area contributed by atoms with Crippen molar-refractivity contribution in [3.8, 4) is 0 Å². The van der Waals surface area contributed by atoms with E-state index in [9.17, 15) is 0 Å². The molecule has 0 fully saturated rings. The Morgan fingerprint density at radius 2 is 2.11 bits per heavy atom. The number of nitrogens with one attached hydrogen (secondary N) is 1. The summed E-state index contributed by atoms with van der Waals surface area (Å²) < 4.78 is 3.09. The number of nitrogens with zero attached hydrogens (tertiary/aromatic N) is 2. The van der Waals surface area contributed by atoms with Gasteiger partial charge in [-0.25, -0.2) is 0 Å². The Balaban J connectivity index is 1.98. The molecule has 4 nitrogen and oxygen atoms in total. The van der Waals surface area contributed by atoms with Crippen molar-refractivity contribution in [2.75, 3.05) is 19.7 Å². The van der Waals surface area contributed by atoms with Crippen molar-refractivity contribution >= 4 is 26.8 Å². The monoisotopic (exact) mass is 325 g/mol. The zero-order valence-electron chi connectivity index (χ0n) is 11.2. The third kappa shape index (κ3) is 3.55. The van der Waals surface area contributed by atoms with E-state index in [1.165, 1.54) is 11.1 Å². The maximum absolute atomic E-state index is 8.70. The smallest absolute Gasteiger partial charge is 0.0937 e. The van der Waals surface area contributed by atoms with Gasteiger partial charge in [0.2, 0.25) is 0 Å². The van der Waals surface area contributed by atoms with E-state index in [1.807, 2.05) is 23.9 Å². The van der Waals surface area contributed by atoms with E-state index in [-0.39, 0.29) is 6.61 Å². The first-order chi connectivity index (χ1) is 9.24.